The maximum atomic E-state index is 13.6. The zero-order valence-electron chi connectivity index (χ0n) is 10.2. The van der Waals surface area contributed by atoms with Gasteiger partial charge in [-0.05, 0) is 42.8 Å². The summed E-state index contributed by atoms with van der Waals surface area (Å²) in [6, 6.07) is 7.90. The number of fused-ring (bicyclic) bond motifs is 1. The van der Waals surface area contributed by atoms with Gasteiger partial charge >= 0.3 is 0 Å². The second-order valence-electron chi connectivity index (χ2n) is 4.42. The van der Waals surface area contributed by atoms with Gasteiger partial charge in [-0.1, -0.05) is 0 Å². The van der Waals surface area contributed by atoms with Gasteiger partial charge in [0.1, 0.15) is 11.3 Å². The third-order valence-corrected chi connectivity index (χ3v) is 3.05. The molecular formula is C14H11F2N3. The Kier molecular flexibility index (Phi) is 2.48. The molecule has 0 saturated heterocycles. The van der Waals surface area contributed by atoms with Crippen LogP contribution in [0.3, 0.4) is 0 Å². The molecule has 1 aromatic heterocycles. The lowest BCUT2D eigenvalue weighted by atomic mass is 10.1. The third-order valence-electron chi connectivity index (χ3n) is 3.05. The minimum atomic E-state index is -0.937. The molecule has 19 heavy (non-hydrogen) atoms. The number of benzene rings is 2. The minimum absolute atomic E-state index is 0.00576. The number of halogens is 2. The highest BCUT2D eigenvalue weighted by molar-refractivity contribution is 5.80. The van der Waals surface area contributed by atoms with Crippen LogP contribution in [0.2, 0.25) is 0 Å². The van der Waals surface area contributed by atoms with Crippen LogP contribution >= 0.6 is 0 Å². The summed E-state index contributed by atoms with van der Waals surface area (Å²) >= 11 is 0. The van der Waals surface area contributed by atoms with Crippen LogP contribution in [0, 0.1) is 18.6 Å². The van der Waals surface area contributed by atoms with Crippen LogP contribution < -0.4 is 5.73 Å². The summed E-state index contributed by atoms with van der Waals surface area (Å²) in [5, 5.41) is 0. The molecule has 0 atom stereocenters. The van der Waals surface area contributed by atoms with E-state index in [9.17, 15) is 8.78 Å². The zero-order valence-corrected chi connectivity index (χ0v) is 10.2. The van der Waals surface area contributed by atoms with Gasteiger partial charge in [0.05, 0.1) is 5.52 Å². The van der Waals surface area contributed by atoms with Gasteiger partial charge in [-0.25, -0.2) is 13.8 Å². The van der Waals surface area contributed by atoms with Crippen molar-refractivity contribution in [1.29, 1.82) is 0 Å². The molecule has 0 amide bonds. The molecule has 3 aromatic rings. The normalized spacial score (nSPS) is 11.1. The highest BCUT2D eigenvalue weighted by Crippen LogP contribution is 2.26. The minimum Gasteiger partial charge on any atom is -0.399 e. The van der Waals surface area contributed by atoms with E-state index < -0.39 is 11.6 Å². The number of nitrogens with one attached hydrogen (secondary N) is 1. The first kappa shape index (κ1) is 11.6. The van der Waals surface area contributed by atoms with Crippen LogP contribution in [-0.2, 0) is 0 Å². The third kappa shape index (κ3) is 1.83. The molecule has 0 saturated carbocycles. The highest BCUT2D eigenvalue weighted by Gasteiger charge is 2.13. The summed E-state index contributed by atoms with van der Waals surface area (Å²) < 4.78 is 26.8. The summed E-state index contributed by atoms with van der Waals surface area (Å²) in [5.74, 6) is -1.34. The van der Waals surface area contributed by atoms with E-state index in [-0.39, 0.29) is 5.52 Å². The van der Waals surface area contributed by atoms with E-state index in [0.717, 1.165) is 17.2 Å². The van der Waals surface area contributed by atoms with Crippen molar-refractivity contribution < 1.29 is 8.78 Å². The Morgan fingerprint density at radius 3 is 2.68 bits per heavy atom. The van der Waals surface area contributed by atoms with E-state index in [1.165, 1.54) is 6.07 Å². The van der Waals surface area contributed by atoms with E-state index in [0.29, 0.717) is 17.0 Å². The first-order valence-corrected chi connectivity index (χ1v) is 5.76. The van der Waals surface area contributed by atoms with Crippen molar-refractivity contribution >= 4 is 16.7 Å². The largest absolute Gasteiger partial charge is 0.399 e. The van der Waals surface area contributed by atoms with Crippen molar-refractivity contribution in [3.05, 3.63) is 47.5 Å². The molecule has 3 rings (SSSR count). The predicted octanol–water partition coefficient (Wildman–Crippen LogP) is 3.40. The molecule has 0 spiro atoms. The summed E-state index contributed by atoms with van der Waals surface area (Å²) in [4.78, 5) is 7.10. The lowest BCUT2D eigenvalue weighted by molar-refractivity contribution is 0.515. The molecule has 0 fully saturated rings. The van der Waals surface area contributed by atoms with E-state index in [1.807, 2.05) is 6.92 Å². The summed E-state index contributed by atoms with van der Waals surface area (Å²) in [6.07, 6.45) is 0. The molecule has 3 nitrogen and oxygen atoms in total. The van der Waals surface area contributed by atoms with Gasteiger partial charge < -0.3 is 10.7 Å². The first-order chi connectivity index (χ1) is 9.06. The molecular weight excluding hydrogens is 248 g/mol. The fraction of sp³-hybridized carbons (Fsp3) is 0.0714. The molecule has 0 unspecified atom stereocenters. The monoisotopic (exact) mass is 259 g/mol. The number of hydrogen-bond donors (Lipinski definition) is 2. The maximum Gasteiger partial charge on any atom is 0.186 e. The molecule has 96 valence electrons. The second-order valence-corrected chi connectivity index (χ2v) is 4.42. The summed E-state index contributed by atoms with van der Waals surface area (Å²) in [6.45, 7) is 1.88. The molecule has 0 bridgehead atoms. The maximum absolute atomic E-state index is 13.6. The van der Waals surface area contributed by atoms with Gasteiger partial charge in [0.15, 0.2) is 11.6 Å². The number of nitrogens with two attached hydrogens (primary N) is 1. The lowest BCUT2D eigenvalue weighted by Gasteiger charge is -2.03. The van der Waals surface area contributed by atoms with Crippen LogP contribution in [0.15, 0.2) is 30.3 Å². The van der Waals surface area contributed by atoms with Crippen LogP contribution in [0.5, 0.6) is 0 Å². The van der Waals surface area contributed by atoms with Crippen molar-refractivity contribution in [1.82, 2.24) is 9.97 Å². The summed E-state index contributed by atoms with van der Waals surface area (Å²) in [5.41, 5.74) is 8.53. The Morgan fingerprint density at radius 2 is 1.95 bits per heavy atom. The quantitative estimate of drug-likeness (QED) is 0.658. The van der Waals surface area contributed by atoms with Crippen LogP contribution in [0.4, 0.5) is 14.5 Å². The SMILES string of the molecule is Cc1cc(N)ccc1-c1nc2c(F)c(F)ccc2[nH]1. The van der Waals surface area contributed by atoms with Crippen molar-refractivity contribution in [3.8, 4) is 11.4 Å². The Morgan fingerprint density at radius 1 is 1.16 bits per heavy atom. The highest BCUT2D eigenvalue weighted by atomic mass is 19.2. The number of aromatic amines is 1. The van der Waals surface area contributed by atoms with Crippen molar-refractivity contribution in [2.24, 2.45) is 0 Å². The van der Waals surface area contributed by atoms with Crippen molar-refractivity contribution in [2.45, 2.75) is 6.92 Å². The van der Waals surface area contributed by atoms with Gasteiger partial charge in [-0.2, -0.15) is 0 Å². The number of aromatic nitrogens is 2. The molecule has 0 aliphatic heterocycles. The van der Waals surface area contributed by atoms with Crippen LogP contribution in [0.25, 0.3) is 22.4 Å². The fourth-order valence-corrected chi connectivity index (χ4v) is 2.10. The topological polar surface area (TPSA) is 54.7 Å². The first-order valence-electron chi connectivity index (χ1n) is 5.76. The van der Waals surface area contributed by atoms with E-state index >= 15 is 0 Å². The van der Waals surface area contributed by atoms with Crippen molar-refractivity contribution in [2.75, 3.05) is 5.73 Å². The number of hydrogen-bond acceptors (Lipinski definition) is 2. The van der Waals surface area contributed by atoms with Crippen LogP contribution in [0.1, 0.15) is 5.56 Å². The van der Waals surface area contributed by atoms with Crippen molar-refractivity contribution in [3.63, 3.8) is 0 Å². The smallest absolute Gasteiger partial charge is 0.186 e. The number of nitrogens with zero attached hydrogens (tertiary/aromatic N) is 1. The average Bonchev–Trinajstić information content (AvgIpc) is 2.78. The van der Waals surface area contributed by atoms with Gasteiger partial charge in [0.2, 0.25) is 0 Å². The number of imidazole rings is 1. The van der Waals surface area contributed by atoms with Gasteiger partial charge in [-0.15, -0.1) is 0 Å². The number of anilines is 1. The van der Waals surface area contributed by atoms with E-state index in [2.05, 4.69) is 9.97 Å². The molecule has 5 heteroatoms. The van der Waals surface area contributed by atoms with E-state index in [1.54, 1.807) is 18.2 Å². The number of nitrogen functional groups attached to an aromatic ring is 1. The summed E-state index contributed by atoms with van der Waals surface area (Å²) in [7, 11) is 0. The molecule has 0 aliphatic rings. The zero-order chi connectivity index (χ0) is 13.6. The van der Waals surface area contributed by atoms with Gasteiger partial charge in [-0.3, -0.25) is 0 Å². The average molecular weight is 259 g/mol. The number of rotatable bonds is 1. The number of aryl methyl sites for hydroxylation is 1. The molecule has 0 radical (unpaired) electrons. The van der Waals surface area contributed by atoms with Gasteiger partial charge in [0, 0.05) is 11.3 Å². The Labute approximate surface area is 108 Å². The molecule has 3 N–H and O–H groups in total. The van der Waals surface area contributed by atoms with Gasteiger partial charge in [0.25, 0.3) is 0 Å². The van der Waals surface area contributed by atoms with E-state index in [4.69, 9.17) is 5.73 Å². The molecule has 0 aliphatic carbocycles. The fourth-order valence-electron chi connectivity index (χ4n) is 2.10. The number of H-pyrrole nitrogens is 1. The Balaban J connectivity index is 2.23. The Hall–Kier alpha value is -2.43. The standard InChI is InChI=1S/C14H11F2N3/c1-7-6-8(17)2-3-9(7)14-18-11-5-4-10(15)12(16)13(11)19-14/h2-6H,17H2,1H3,(H,18,19). The molecule has 2 aromatic carbocycles. The van der Waals surface area contributed by atoms with Crippen LogP contribution in [-0.4, -0.2) is 9.97 Å². The second kappa shape index (κ2) is 4.05. The predicted molar refractivity (Wildman–Crippen MR) is 70.6 cm³/mol. The lowest BCUT2D eigenvalue weighted by Crippen LogP contribution is -1.89. The Bertz CT molecular complexity index is 778. The molecule has 1 heterocycles.